The first-order valence-electron chi connectivity index (χ1n) is 3.93. The van der Waals surface area contributed by atoms with Crippen molar-refractivity contribution >= 4 is 40.7 Å². The van der Waals surface area contributed by atoms with Crippen molar-refractivity contribution in [3.05, 3.63) is 0 Å². The normalized spacial score (nSPS) is 9.19. The Morgan fingerprint density at radius 3 is 1.12 bits per heavy atom. The fraction of sp³-hybridized carbons (Fsp3) is 0.500. The van der Waals surface area contributed by atoms with Crippen molar-refractivity contribution in [2.24, 2.45) is 0 Å². The molecule has 9 nitrogen and oxygen atoms in total. The first-order chi connectivity index (χ1) is 7.41. The molecular weight excluding hydrogens is 331 g/mol. The van der Waals surface area contributed by atoms with Gasteiger partial charge in [0.05, 0.1) is 0 Å². The van der Waals surface area contributed by atoms with E-state index in [0.717, 1.165) is 20.8 Å². The Bertz CT molecular complexity index is 222. The third-order valence-corrected chi connectivity index (χ3v) is 2.90. The van der Waals surface area contributed by atoms with Gasteiger partial charge in [-0.15, -0.1) is 0 Å². The van der Waals surface area contributed by atoms with Crippen LogP contribution in [-0.2, 0) is 38.1 Å². The zero-order valence-corrected chi connectivity index (χ0v) is 12.0. The molecule has 0 rings (SSSR count). The molecule has 0 aliphatic heterocycles. The molecule has 0 aromatic carbocycles. The second kappa shape index (κ2) is 8.33. The average Bonchev–Trinajstić information content (AvgIpc) is 2.15. The summed E-state index contributed by atoms with van der Waals surface area (Å²) in [4.78, 5) is 43.4. The van der Waals surface area contributed by atoms with Gasteiger partial charge in [-0.1, -0.05) is 0 Å². The van der Waals surface area contributed by atoms with Crippen molar-refractivity contribution in [2.75, 3.05) is 0 Å². The molecule has 90 valence electrons. The van der Waals surface area contributed by atoms with E-state index in [1.807, 2.05) is 0 Å². The van der Waals surface area contributed by atoms with E-state index in [1.54, 1.807) is 0 Å². The average molecular weight is 340 g/mol. The van der Waals surface area contributed by atoms with Crippen molar-refractivity contribution in [3.63, 3.8) is 0 Å². The maximum absolute atomic E-state index is 10.4. The van der Waals surface area contributed by atoms with Crippen LogP contribution in [0.25, 0.3) is 0 Å². The second-order valence-corrected chi connectivity index (χ2v) is 5.60. The first-order valence-corrected chi connectivity index (χ1v) is 7.97. The number of carbonyl (C=O) groups excluding carboxylic acids is 3. The fourth-order valence-electron chi connectivity index (χ4n) is 0.369. The molecule has 0 fully saturated rings. The van der Waals surface area contributed by atoms with Gasteiger partial charge in [0.15, 0.2) is 0 Å². The zero-order valence-electron chi connectivity index (χ0n) is 8.75. The van der Waals surface area contributed by atoms with Crippen molar-refractivity contribution in [1.82, 2.24) is 0 Å². The van der Waals surface area contributed by atoms with Gasteiger partial charge in [-0.2, -0.15) is 0 Å². The Hall–Kier alpha value is -0.840. The van der Waals surface area contributed by atoms with E-state index in [-0.39, 0.29) is 0 Å². The van der Waals surface area contributed by atoms with Crippen LogP contribution < -0.4 is 0 Å². The van der Waals surface area contributed by atoms with Crippen molar-refractivity contribution in [1.29, 1.82) is 0 Å². The Morgan fingerprint density at radius 2 is 0.938 bits per heavy atom. The molecule has 0 N–H and O–H groups in total. The molecular formula is C6H9InO9. The Kier molecular flexibility index (Phi) is 7.89. The molecule has 0 aromatic heterocycles. The summed E-state index contributed by atoms with van der Waals surface area (Å²) in [5, 5.41) is 0. The summed E-state index contributed by atoms with van der Waals surface area (Å²) in [6, 6.07) is 0. The predicted molar refractivity (Wildman–Crippen MR) is 44.3 cm³/mol. The summed E-state index contributed by atoms with van der Waals surface area (Å²) in [6.07, 6.45) is 0. The molecule has 10 heteroatoms. The van der Waals surface area contributed by atoms with Gasteiger partial charge in [0.1, 0.15) is 0 Å². The molecule has 0 unspecified atom stereocenters. The molecule has 0 bridgehead atoms. The molecule has 0 aliphatic carbocycles. The summed E-state index contributed by atoms with van der Waals surface area (Å²) in [7, 11) is 0. The summed E-state index contributed by atoms with van der Waals surface area (Å²) in [5.41, 5.74) is 0. The van der Waals surface area contributed by atoms with Crippen molar-refractivity contribution in [2.45, 2.75) is 20.8 Å². The van der Waals surface area contributed by atoms with Gasteiger partial charge in [-0.25, -0.2) is 0 Å². The van der Waals surface area contributed by atoms with Gasteiger partial charge >= 0.3 is 99.5 Å². The van der Waals surface area contributed by atoms with Crippen LogP contribution in [0.2, 0.25) is 0 Å². The Morgan fingerprint density at radius 1 is 0.688 bits per heavy atom. The van der Waals surface area contributed by atoms with E-state index < -0.39 is 40.7 Å². The summed E-state index contributed by atoms with van der Waals surface area (Å²) in [5.74, 6) is -2.29. The van der Waals surface area contributed by atoms with Crippen LogP contribution >= 0.6 is 0 Å². The van der Waals surface area contributed by atoms with Gasteiger partial charge in [0.2, 0.25) is 0 Å². The Labute approximate surface area is 99.6 Å². The van der Waals surface area contributed by atoms with Crippen LogP contribution in [0.5, 0.6) is 0 Å². The van der Waals surface area contributed by atoms with Crippen LogP contribution in [-0.4, -0.2) is 40.7 Å². The molecule has 0 atom stereocenters. The summed E-state index contributed by atoms with van der Waals surface area (Å²) >= 11 is -3.95. The van der Waals surface area contributed by atoms with E-state index in [4.69, 9.17) is 0 Å². The third-order valence-electron chi connectivity index (χ3n) is 0.732. The molecule has 0 heterocycles. The van der Waals surface area contributed by atoms with Crippen LogP contribution in [0, 0.1) is 0 Å². The van der Waals surface area contributed by atoms with Gasteiger partial charge in [-0.3, -0.25) is 0 Å². The molecule has 0 amide bonds. The van der Waals surface area contributed by atoms with Gasteiger partial charge in [0, 0.05) is 0 Å². The van der Waals surface area contributed by atoms with E-state index >= 15 is 0 Å². The molecule has 0 spiro atoms. The quantitative estimate of drug-likeness (QED) is 0.465. The molecule has 16 heavy (non-hydrogen) atoms. The minimum atomic E-state index is -3.95. The number of rotatable bonds is 6. The topological polar surface area (TPSA) is 107 Å². The van der Waals surface area contributed by atoms with Gasteiger partial charge < -0.3 is 0 Å². The van der Waals surface area contributed by atoms with Crippen LogP contribution in [0.1, 0.15) is 20.8 Å². The molecule has 0 radical (unpaired) electrons. The molecule has 0 saturated carbocycles. The van der Waals surface area contributed by atoms with E-state index in [1.165, 1.54) is 0 Å². The van der Waals surface area contributed by atoms with Crippen LogP contribution in [0.4, 0.5) is 0 Å². The fourth-order valence-corrected chi connectivity index (χ4v) is 2.48. The van der Waals surface area contributed by atoms with Crippen molar-refractivity contribution < 1.29 is 38.1 Å². The van der Waals surface area contributed by atoms with Crippen LogP contribution in [0.3, 0.4) is 0 Å². The summed E-state index contributed by atoms with van der Waals surface area (Å²) in [6.45, 7) is 3.21. The van der Waals surface area contributed by atoms with Gasteiger partial charge in [-0.05, 0) is 0 Å². The molecule has 0 aliphatic rings. The van der Waals surface area contributed by atoms with E-state index in [9.17, 15) is 14.4 Å². The standard InChI is InChI=1S/3C2H4O3.In/c3*1-2(3)5-4;/h3*4H,1H3;/q;;;+3/p-3. The number of hydrogen-bond acceptors (Lipinski definition) is 9. The predicted octanol–water partition coefficient (Wildman–Crippen LogP) is -0.545. The number of hydrogen-bond donors (Lipinski definition) is 0. The SMILES string of the molecule is CC(=O)O[O][In]([O]OC(C)=O)[O]OC(C)=O. The number of carbonyl (C=O) groups is 3. The van der Waals surface area contributed by atoms with Crippen LogP contribution in [0.15, 0.2) is 0 Å². The first kappa shape index (κ1) is 15.2. The van der Waals surface area contributed by atoms with E-state index in [0.29, 0.717) is 0 Å². The second-order valence-electron chi connectivity index (χ2n) is 2.30. The summed E-state index contributed by atoms with van der Waals surface area (Å²) < 4.78 is 13.1. The monoisotopic (exact) mass is 340 g/mol. The Balaban J connectivity index is 3.98. The van der Waals surface area contributed by atoms with E-state index in [2.05, 4.69) is 23.7 Å². The molecule has 0 aromatic rings. The van der Waals surface area contributed by atoms with Gasteiger partial charge in [0.25, 0.3) is 0 Å². The van der Waals surface area contributed by atoms with Crippen molar-refractivity contribution in [3.8, 4) is 0 Å². The minimum absolute atomic E-state index is 0.764. The zero-order chi connectivity index (χ0) is 12.6. The molecule has 0 saturated heterocycles. The third kappa shape index (κ3) is 9.71. The maximum atomic E-state index is 10.4.